The van der Waals surface area contributed by atoms with Crippen molar-refractivity contribution >= 4 is 11.6 Å². The molecule has 4 rings (SSSR count). The van der Waals surface area contributed by atoms with E-state index in [1.807, 2.05) is 16.8 Å². The Balaban J connectivity index is 1.54. The molecular formula is C16H22N4. The fourth-order valence-corrected chi connectivity index (χ4v) is 4.32. The molecule has 2 heterocycles. The molecule has 0 radical (unpaired) electrons. The summed E-state index contributed by atoms with van der Waals surface area (Å²) >= 11 is 0. The zero-order chi connectivity index (χ0) is 13.7. The van der Waals surface area contributed by atoms with E-state index in [2.05, 4.69) is 35.3 Å². The van der Waals surface area contributed by atoms with Crippen LogP contribution in [0.3, 0.4) is 0 Å². The van der Waals surface area contributed by atoms with Crippen LogP contribution in [0.4, 0.5) is 5.95 Å². The minimum Gasteiger partial charge on any atom is -0.350 e. The number of hydrogen-bond acceptors (Lipinski definition) is 3. The first-order valence-electron chi connectivity index (χ1n) is 7.79. The number of aryl methyl sites for hydroxylation is 1. The second-order valence-corrected chi connectivity index (χ2v) is 6.67. The highest BCUT2D eigenvalue weighted by Crippen LogP contribution is 2.49. The molecule has 0 spiro atoms. The summed E-state index contributed by atoms with van der Waals surface area (Å²) in [6.45, 7) is 4.37. The van der Waals surface area contributed by atoms with Gasteiger partial charge in [-0.25, -0.2) is 4.52 Å². The fraction of sp³-hybridized carbons (Fsp3) is 0.625. The van der Waals surface area contributed by atoms with Crippen LogP contribution in [-0.4, -0.2) is 20.6 Å². The van der Waals surface area contributed by atoms with E-state index in [4.69, 9.17) is 0 Å². The average molecular weight is 270 g/mol. The van der Waals surface area contributed by atoms with Crippen molar-refractivity contribution in [3.8, 4) is 0 Å². The molecule has 2 saturated carbocycles. The minimum atomic E-state index is 0.475. The van der Waals surface area contributed by atoms with E-state index in [-0.39, 0.29) is 0 Å². The van der Waals surface area contributed by atoms with Gasteiger partial charge in [0.05, 0.1) is 0 Å². The molecule has 2 aliphatic rings. The van der Waals surface area contributed by atoms with Crippen LogP contribution in [0.15, 0.2) is 18.3 Å². The number of aromatic nitrogens is 3. The topological polar surface area (TPSA) is 42.2 Å². The molecule has 4 nitrogen and oxygen atoms in total. The smallest absolute Gasteiger partial charge is 0.243 e. The van der Waals surface area contributed by atoms with Crippen molar-refractivity contribution in [1.82, 2.24) is 14.6 Å². The molecule has 0 saturated heterocycles. The standard InChI is InChI=1S/C16H22N4/c1-10-4-3-7-20-15(10)18-16(19-20)17-11(2)14-9-12-5-6-13(14)8-12/h3-4,7,11-14H,5-6,8-9H2,1-2H3,(H,17,19). The Bertz CT molecular complexity index is 632. The Labute approximate surface area is 119 Å². The number of nitrogens with one attached hydrogen (secondary N) is 1. The van der Waals surface area contributed by atoms with Crippen molar-refractivity contribution in [2.45, 2.75) is 45.6 Å². The molecule has 4 unspecified atom stereocenters. The van der Waals surface area contributed by atoms with E-state index in [9.17, 15) is 0 Å². The molecule has 106 valence electrons. The molecule has 0 amide bonds. The third-order valence-corrected chi connectivity index (χ3v) is 5.35. The van der Waals surface area contributed by atoms with Gasteiger partial charge in [-0.05, 0) is 62.5 Å². The quantitative estimate of drug-likeness (QED) is 0.930. The van der Waals surface area contributed by atoms with Crippen molar-refractivity contribution in [1.29, 1.82) is 0 Å². The largest absolute Gasteiger partial charge is 0.350 e. The minimum absolute atomic E-state index is 0.475. The molecule has 0 aliphatic heterocycles. The lowest BCUT2D eigenvalue weighted by molar-refractivity contribution is 0.303. The highest BCUT2D eigenvalue weighted by Gasteiger charge is 2.41. The zero-order valence-corrected chi connectivity index (χ0v) is 12.2. The van der Waals surface area contributed by atoms with Gasteiger partial charge in [0, 0.05) is 12.2 Å². The first kappa shape index (κ1) is 12.2. The van der Waals surface area contributed by atoms with Crippen molar-refractivity contribution in [3.05, 3.63) is 23.9 Å². The normalized spacial score (nSPS) is 30.0. The van der Waals surface area contributed by atoms with Crippen LogP contribution in [0.25, 0.3) is 5.65 Å². The van der Waals surface area contributed by atoms with E-state index in [1.165, 1.54) is 31.2 Å². The molecule has 4 heteroatoms. The van der Waals surface area contributed by atoms with Gasteiger partial charge in [-0.15, -0.1) is 5.10 Å². The van der Waals surface area contributed by atoms with Crippen molar-refractivity contribution < 1.29 is 0 Å². The Morgan fingerprint density at radius 3 is 2.95 bits per heavy atom. The average Bonchev–Trinajstić information content (AvgIpc) is 3.12. The van der Waals surface area contributed by atoms with E-state index in [0.29, 0.717) is 6.04 Å². The lowest BCUT2D eigenvalue weighted by atomic mass is 9.84. The van der Waals surface area contributed by atoms with Gasteiger partial charge in [-0.3, -0.25) is 0 Å². The van der Waals surface area contributed by atoms with Crippen molar-refractivity contribution in [2.75, 3.05) is 5.32 Å². The second kappa shape index (κ2) is 4.47. The number of fused-ring (bicyclic) bond motifs is 3. The molecule has 1 N–H and O–H groups in total. The Morgan fingerprint density at radius 2 is 2.25 bits per heavy atom. The van der Waals surface area contributed by atoms with Gasteiger partial charge in [0.1, 0.15) is 0 Å². The molecule has 2 aliphatic carbocycles. The van der Waals surface area contributed by atoms with Gasteiger partial charge in [-0.2, -0.15) is 4.98 Å². The summed E-state index contributed by atoms with van der Waals surface area (Å²) in [5, 5.41) is 8.08. The Kier molecular flexibility index (Phi) is 2.72. The summed E-state index contributed by atoms with van der Waals surface area (Å²) in [5.74, 6) is 3.50. The van der Waals surface area contributed by atoms with Crippen LogP contribution >= 0.6 is 0 Å². The van der Waals surface area contributed by atoms with Crippen LogP contribution in [0.5, 0.6) is 0 Å². The molecule has 2 aromatic rings. The molecule has 20 heavy (non-hydrogen) atoms. The van der Waals surface area contributed by atoms with Crippen LogP contribution in [0.2, 0.25) is 0 Å². The van der Waals surface area contributed by atoms with Crippen LogP contribution in [0.1, 0.15) is 38.2 Å². The maximum atomic E-state index is 4.63. The number of hydrogen-bond donors (Lipinski definition) is 1. The summed E-state index contributed by atoms with van der Waals surface area (Å²) in [6.07, 6.45) is 7.70. The number of anilines is 1. The van der Waals surface area contributed by atoms with E-state index >= 15 is 0 Å². The van der Waals surface area contributed by atoms with Crippen LogP contribution < -0.4 is 5.32 Å². The number of rotatable bonds is 3. The van der Waals surface area contributed by atoms with Gasteiger partial charge in [0.15, 0.2) is 5.65 Å². The fourth-order valence-electron chi connectivity index (χ4n) is 4.32. The van der Waals surface area contributed by atoms with Crippen LogP contribution in [0, 0.1) is 24.7 Å². The van der Waals surface area contributed by atoms with Crippen molar-refractivity contribution in [2.24, 2.45) is 17.8 Å². The third kappa shape index (κ3) is 1.89. The zero-order valence-electron chi connectivity index (χ0n) is 12.2. The monoisotopic (exact) mass is 270 g/mol. The summed E-state index contributed by atoms with van der Waals surface area (Å²) in [4.78, 5) is 4.63. The lowest BCUT2D eigenvalue weighted by Gasteiger charge is -2.28. The highest BCUT2D eigenvalue weighted by atomic mass is 15.3. The van der Waals surface area contributed by atoms with Gasteiger partial charge < -0.3 is 5.32 Å². The molecule has 2 aromatic heterocycles. The van der Waals surface area contributed by atoms with E-state index in [0.717, 1.165) is 29.3 Å². The van der Waals surface area contributed by atoms with Gasteiger partial charge in [0.25, 0.3) is 0 Å². The molecule has 2 fully saturated rings. The number of nitrogens with zero attached hydrogens (tertiary/aromatic N) is 3. The number of pyridine rings is 1. The summed E-state index contributed by atoms with van der Waals surface area (Å²) in [6, 6.07) is 4.57. The maximum Gasteiger partial charge on any atom is 0.243 e. The van der Waals surface area contributed by atoms with Gasteiger partial charge in [-0.1, -0.05) is 12.5 Å². The van der Waals surface area contributed by atoms with E-state index < -0.39 is 0 Å². The predicted octanol–water partition coefficient (Wildman–Crippen LogP) is 3.27. The van der Waals surface area contributed by atoms with E-state index in [1.54, 1.807) is 0 Å². The first-order valence-corrected chi connectivity index (χ1v) is 7.79. The molecular weight excluding hydrogens is 248 g/mol. The Morgan fingerprint density at radius 1 is 1.35 bits per heavy atom. The van der Waals surface area contributed by atoms with Gasteiger partial charge in [0.2, 0.25) is 5.95 Å². The maximum absolute atomic E-state index is 4.63. The second-order valence-electron chi connectivity index (χ2n) is 6.67. The molecule has 4 atom stereocenters. The third-order valence-electron chi connectivity index (χ3n) is 5.35. The SMILES string of the molecule is Cc1cccn2nc(NC(C)C3CC4CCC3C4)nc12. The van der Waals surface area contributed by atoms with Crippen molar-refractivity contribution in [3.63, 3.8) is 0 Å². The summed E-state index contributed by atoms with van der Waals surface area (Å²) < 4.78 is 1.87. The molecule has 0 aromatic carbocycles. The highest BCUT2D eigenvalue weighted by molar-refractivity contribution is 5.50. The molecule has 2 bridgehead atoms. The summed E-state index contributed by atoms with van der Waals surface area (Å²) in [7, 11) is 0. The first-order chi connectivity index (χ1) is 9.70. The summed E-state index contributed by atoms with van der Waals surface area (Å²) in [5.41, 5.74) is 2.12. The predicted molar refractivity (Wildman–Crippen MR) is 79.7 cm³/mol. The lowest BCUT2D eigenvalue weighted by Crippen LogP contribution is -2.30. The Hall–Kier alpha value is -1.58. The van der Waals surface area contributed by atoms with Crippen LogP contribution in [-0.2, 0) is 0 Å². The van der Waals surface area contributed by atoms with Gasteiger partial charge >= 0.3 is 0 Å².